The van der Waals surface area contributed by atoms with Gasteiger partial charge in [-0.25, -0.2) is 15.0 Å². The number of rotatable bonds is 7. The quantitative estimate of drug-likeness (QED) is 0.0782. The smallest absolute Gasteiger partial charge is 0.408 e. The molecular formula is C41H34F6N10O5. The Morgan fingerprint density at radius 1 is 0.613 bits per heavy atom. The number of amides is 1. The second-order valence-corrected chi connectivity index (χ2v) is 12.9. The molecule has 15 nitrogen and oxygen atoms in total. The highest BCUT2D eigenvalue weighted by atomic mass is 19.4. The molecule has 0 aliphatic rings. The third kappa shape index (κ3) is 11.5. The molecule has 0 spiro atoms. The minimum atomic E-state index is -4.42. The summed E-state index contributed by atoms with van der Waals surface area (Å²) in [4.78, 5) is 46.1. The van der Waals surface area contributed by atoms with E-state index < -0.39 is 43.0 Å². The Morgan fingerprint density at radius 2 is 1.02 bits per heavy atom. The van der Waals surface area contributed by atoms with Crippen LogP contribution in [0, 0.1) is 0 Å². The number of aromatic amines is 2. The van der Waals surface area contributed by atoms with Crippen molar-refractivity contribution in [2.75, 3.05) is 11.1 Å². The monoisotopic (exact) mass is 860 g/mol. The van der Waals surface area contributed by atoms with Gasteiger partial charge < -0.3 is 16.2 Å². The predicted molar refractivity (Wildman–Crippen MR) is 218 cm³/mol. The average molecular weight is 861 g/mol. The molecule has 0 unspecified atom stereocenters. The molecule has 0 radical (unpaired) electrons. The van der Waals surface area contributed by atoms with Gasteiger partial charge in [-0.05, 0) is 48.5 Å². The van der Waals surface area contributed by atoms with Crippen LogP contribution < -0.4 is 22.2 Å². The number of halogens is 6. The number of carboxylic acid groups (broad SMARTS) is 1. The number of hydrogen-bond acceptors (Lipinski definition) is 9. The fraction of sp³-hybridized carbons (Fsp3) is 0.122. The van der Waals surface area contributed by atoms with Gasteiger partial charge >= 0.3 is 18.3 Å². The third-order valence-electron chi connectivity index (χ3n) is 8.41. The standard InChI is InChI=1S/C20H14F3N5O2.C14H11N3O.C6H5F3N2O2.CH4/c21-20(22,23)11-28-10-9-16(27-28)19(30)24-13-7-5-12(6-8-13)17-14-3-1-2-4-15(14)18(29)26-25-17;15-10-7-5-9(6-8-10)13-11-3-1-2-4-12(11)14(18)17-16-13;7-6(8,9)3-11-2-1-4(10-11)5(12)13;/h1-10H,11H2,(H,24,30)(H,26,29);1-8H,15H2,(H,17,18);1-2H,3H2,(H,12,13);1H4. The van der Waals surface area contributed by atoms with Crippen LogP contribution in [0.3, 0.4) is 0 Å². The molecule has 0 atom stereocenters. The topological polar surface area (TPSA) is 220 Å². The molecule has 0 fully saturated rings. The molecule has 0 aliphatic heterocycles. The van der Waals surface area contributed by atoms with Crippen LogP contribution in [-0.4, -0.2) is 69.3 Å². The summed E-state index contributed by atoms with van der Waals surface area (Å²) in [5.74, 6) is -1.97. The van der Waals surface area contributed by atoms with Crippen molar-refractivity contribution in [1.82, 2.24) is 40.0 Å². The van der Waals surface area contributed by atoms with E-state index in [4.69, 9.17) is 10.8 Å². The molecule has 4 aromatic heterocycles. The van der Waals surface area contributed by atoms with Gasteiger partial charge in [0.25, 0.3) is 17.0 Å². The summed E-state index contributed by atoms with van der Waals surface area (Å²) >= 11 is 0. The first-order valence-electron chi connectivity index (χ1n) is 17.6. The van der Waals surface area contributed by atoms with E-state index >= 15 is 0 Å². The van der Waals surface area contributed by atoms with Crippen molar-refractivity contribution >= 4 is 44.8 Å². The molecule has 0 saturated carbocycles. The van der Waals surface area contributed by atoms with Crippen molar-refractivity contribution < 1.29 is 41.0 Å². The number of carbonyl (C=O) groups is 2. The number of carboxylic acids is 1. The van der Waals surface area contributed by atoms with Crippen molar-refractivity contribution in [3.8, 4) is 22.5 Å². The number of nitrogens with zero attached hydrogens (tertiary/aromatic N) is 6. The number of carbonyl (C=O) groups excluding carboxylic acids is 1. The fourth-order valence-corrected chi connectivity index (χ4v) is 5.72. The first kappa shape index (κ1) is 45.0. The average Bonchev–Trinajstić information content (AvgIpc) is 3.89. The number of H-pyrrole nitrogens is 2. The van der Waals surface area contributed by atoms with Gasteiger partial charge in [0, 0.05) is 45.7 Å². The number of aromatic carboxylic acids is 1. The second-order valence-electron chi connectivity index (χ2n) is 12.9. The van der Waals surface area contributed by atoms with E-state index in [9.17, 15) is 45.5 Å². The van der Waals surface area contributed by atoms with Gasteiger partial charge in [-0.3, -0.25) is 23.7 Å². The molecule has 62 heavy (non-hydrogen) atoms. The zero-order valence-electron chi connectivity index (χ0n) is 31.1. The summed E-state index contributed by atoms with van der Waals surface area (Å²) in [5.41, 5.74) is 8.78. The highest BCUT2D eigenvalue weighted by Gasteiger charge is 2.29. The van der Waals surface area contributed by atoms with E-state index in [1.807, 2.05) is 42.5 Å². The summed E-state index contributed by atoms with van der Waals surface area (Å²) in [7, 11) is 0. The largest absolute Gasteiger partial charge is 0.476 e. The van der Waals surface area contributed by atoms with Crippen LogP contribution in [0.1, 0.15) is 28.4 Å². The molecule has 6 N–H and O–H groups in total. The van der Waals surface area contributed by atoms with E-state index in [1.165, 1.54) is 6.07 Å². The van der Waals surface area contributed by atoms with E-state index in [0.29, 0.717) is 42.6 Å². The molecule has 21 heteroatoms. The molecule has 4 heterocycles. The van der Waals surface area contributed by atoms with Gasteiger partial charge in [-0.15, -0.1) is 0 Å². The molecule has 0 aliphatic carbocycles. The first-order chi connectivity index (χ1) is 28.9. The summed E-state index contributed by atoms with van der Waals surface area (Å²) in [5, 5.41) is 33.7. The maximum Gasteiger partial charge on any atom is 0.408 e. The number of fused-ring (bicyclic) bond motifs is 2. The Morgan fingerprint density at radius 3 is 1.44 bits per heavy atom. The minimum absolute atomic E-state index is 0. The zero-order valence-corrected chi connectivity index (χ0v) is 31.1. The van der Waals surface area contributed by atoms with E-state index in [0.717, 1.165) is 40.7 Å². The number of alkyl halides is 6. The van der Waals surface area contributed by atoms with Crippen LogP contribution >= 0.6 is 0 Å². The number of nitrogen functional groups attached to an aromatic ring is 1. The summed E-state index contributed by atoms with van der Waals surface area (Å²) in [6.45, 7) is -2.55. The second kappa shape index (κ2) is 18.9. The Bertz CT molecular complexity index is 2940. The lowest BCUT2D eigenvalue weighted by atomic mass is 10.0. The van der Waals surface area contributed by atoms with Gasteiger partial charge in [-0.2, -0.15) is 46.7 Å². The van der Waals surface area contributed by atoms with Crippen LogP contribution in [-0.2, 0) is 13.1 Å². The highest BCUT2D eigenvalue weighted by Crippen LogP contribution is 2.27. The number of hydrogen-bond donors (Lipinski definition) is 5. The zero-order chi connectivity index (χ0) is 43.9. The number of nitrogens with one attached hydrogen (secondary N) is 3. The van der Waals surface area contributed by atoms with Crippen LogP contribution in [0.5, 0.6) is 0 Å². The Balaban J connectivity index is 0.000000193. The molecule has 4 aromatic carbocycles. The summed E-state index contributed by atoms with van der Waals surface area (Å²) in [6, 6.07) is 30.8. The molecule has 8 rings (SSSR count). The molecule has 1 amide bonds. The lowest BCUT2D eigenvalue weighted by Gasteiger charge is -2.07. The molecule has 8 aromatic rings. The lowest BCUT2D eigenvalue weighted by molar-refractivity contribution is -0.143. The Labute approximate surface area is 345 Å². The molecule has 0 bridgehead atoms. The Hall–Kier alpha value is -8.10. The summed E-state index contributed by atoms with van der Waals surface area (Å²) < 4.78 is 73.6. The maximum absolute atomic E-state index is 12.4. The molecule has 320 valence electrons. The van der Waals surface area contributed by atoms with Crippen molar-refractivity contribution in [3.63, 3.8) is 0 Å². The van der Waals surface area contributed by atoms with Crippen molar-refractivity contribution in [3.05, 3.63) is 154 Å². The SMILES string of the molecule is C.Nc1ccc(-c2n[nH]c(=O)c3ccccc23)cc1.O=C(Nc1ccc(-c2n[nH]c(=O)c3ccccc23)cc1)c1ccn(CC(F)(F)F)n1.O=C(O)c1ccn(CC(F)(F)F)n1. The van der Waals surface area contributed by atoms with Gasteiger partial charge in [0.1, 0.15) is 13.1 Å². The normalized spacial score (nSPS) is 11.1. The molecular weight excluding hydrogens is 827 g/mol. The third-order valence-corrected chi connectivity index (χ3v) is 8.41. The highest BCUT2D eigenvalue weighted by molar-refractivity contribution is 6.03. The minimum Gasteiger partial charge on any atom is -0.476 e. The van der Waals surface area contributed by atoms with Gasteiger partial charge in [0.2, 0.25) is 0 Å². The van der Waals surface area contributed by atoms with Crippen LogP contribution in [0.2, 0.25) is 0 Å². The number of benzene rings is 4. The van der Waals surface area contributed by atoms with E-state index in [2.05, 4.69) is 35.9 Å². The van der Waals surface area contributed by atoms with E-state index in [-0.39, 0.29) is 24.2 Å². The van der Waals surface area contributed by atoms with Crippen molar-refractivity contribution in [1.29, 1.82) is 0 Å². The first-order valence-corrected chi connectivity index (χ1v) is 17.6. The maximum atomic E-state index is 12.4. The lowest BCUT2D eigenvalue weighted by Crippen LogP contribution is -2.19. The van der Waals surface area contributed by atoms with Crippen LogP contribution in [0.25, 0.3) is 44.1 Å². The molecule has 0 saturated heterocycles. The number of nitrogens with two attached hydrogens (primary N) is 1. The predicted octanol–water partition coefficient (Wildman–Crippen LogP) is 7.55. The fourth-order valence-electron chi connectivity index (χ4n) is 5.72. The van der Waals surface area contributed by atoms with Crippen molar-refractivity contribution in [2.24, 2.45) is 0 Å². The van der Waals surface area contributed by atoms with Gasteiger partial charge in [0.15, 0.2) is 11.4 Å². The van der Waals surface area contributed by atoms with E-state index in [1.54, 1.807) is 54.6 Å². The number of anilines is 2. The van der Waals surface area contributed by atoms with Crippen LogP contribution in [0.4, 0.5) is 37.7 Å². The van der Waals surface area contributed by atoms with Gasteiger partial charge in [0.05, 0.1) is 22.2 Å². The number of aromatic nitrogens is 8. The summed E-state index contributed by atoms with van der Waals surface area (Å²) in [6.07, 6.45) is -6.74. The van der Waals surface area contributed by atoms with Gasteiger partial charge in [-0.1, -0.05) is 68.1 Å². The van der Waals surface area contributed by atoms with Crippen molar-refractivity contribution in [2.45, 2.75) is 32.9 Å². The Kier molecular flexibility index (Phi) is 13.7. The van der Waals surface area contributed by atoms with Crippen LogP contribution in [0.15, 0.2) is 131 Å².